The number of hydrogen-bond donors (Lipinski definition) is 0. The molecule has 0 aromatic heterocycles. The predicted octanol–water partition coefficient (Wildman–Crippen LogP) is 52.0. The van der Waals surface area contributed by atoms with E-state index in [0.717, 1.165) is 76.9 Å². The maximum absolute atomic E-state index is 2.33. The van der Waals surface area contributed by atoms with Crippen molar-refractivity contribution in [1.29, 1.82) is 0 Å². The summed E-state index contributed by atoms with van der Waals surface area (Å²) in [5.74, 6) is 11.6. The van der Waals surface area contributed by atoms with Gasteiger partial charge in [-0.25, -0.2) is 0 Å². The van der Waals surface area contributed by atoms with Gasteiger partial charge in [-0.1, -0.05) is 771 Å². The van der Waals surface area contributed by atoms with Crippen LogP contribution in [-0.4, -0.2) is 0 Å². The van der Waals surface area contributed by atoms with Crippen LogP contribution >= 0.6 is 0 Å². The highest BCUT2D eigenvalue weighted by atomic mass is 14.1. The molecule has 0 aliphatic rings. The van der Waals surface area contributed by atoms with Crippen LogP contribution in [-0.2, 0) is 0 Å². The average Bonchev–Trinajstić information content (AvgIpc) is 1.11. The molecule has 0 N–H and O–H groups in total. The number of rotatable bonds is 78. The molecule has 0 aliphatic carbocycles. The van der Waals surface area contributed by atoms with Crippen LogP contribution in [0.25, 0.3) is 0 Å². The van der Waals surface area contributed by atoms with E-state index < -0.39 is 0 Å². The first kappa shape index (κ1) is 158. The maximum atomic E-state index is 2.33. The van der Waals surface area contributed by atoms with Gasteiger partial charge in [-0.05, 0) is 76.9 Å². The summed E-state index contributed by atoms with van der Waals surface area (Å²) in [5, 5.41) is 0. The van der Waals surface area contributed by atoms with Gasteiger partial charge in [0.1, 0.15) is 0 Å². The Bertz CT molecular complexity index is 1580. The average molecular weight is 1850 g/mol. The van der Waals surface area contributed by atoms with E-state index in [-0.39, 0.29) is 0 Å². The van der Waals surface area contributed by atoms with E-state index >= 15 is 0 Å². The Morgan fingerprint density at radius 1 is 0.0846 bits per heavy atom. The molecule has 0 bridgehead atoms. The highest BCUT2D eigenvalue weighted by Gasteiger charge is 2.03. The number of hydrogen-bond acceptors (Lipinski definition) is 0. The van der Waals surface area contributed by atoms with E-state index in [2.05, 4.69) is 270 Å². The molecular weight excluding hydrogens is 1560 g/mol. The van der Waals surface area contributed by atoms with Crippen LogP contribution < -0.4 is 0 Å². The Hall–Kier alpha value is 0. The fraction of sp³-hybridized carbons (Fsp3) is 1.00. The molecule has 0 saturated heterocycles. The van der Waals surface area contributed by atoms with Crippen molar-refractivity contribution >= 4 is 0 Å². The molecular formula is C130H286. The van der Waals surface area contributed by atoms with Crippen molar-refractivity contribution in [1.82, 2.24) is 0 Å². The van der Waals surface area contributed by atoms with Gasteiger partial charge in [0, 0.05) is 0 Å². The molecule has 0 radical (unpaired) electrons. The van der Waals surface area contributed by atoms with Crippen LogP contribution in [0.4, 0.5) is 0 Å². The van der Waals surface area contributed by atoms with Crippen molar-refractivity contribution in [2.75, 3.05) is 0 Å². The normalized spacial score (nSPS) is 10.8. The zero-order valence-corrected chi connectivity index (χ0v) is 102. The topological polar surface area (TPSA) is 0 Å². The standard InChI is InChI=1S/C16H34.C15H32.C14H30.C13H28.C12H26.C11H24.C10H22.C9H20.C8H18.C7H16.C6H14.C5H12.C4H10/c1-4-5-6-7-8-9-10-11-12-13-14-15-16(2)3;1-4-5-6-7-8-9-10-11-12-13-14-15(2)3;1-4-5-6-7-8-9-10-11-12-13-14(2)3;1-4-5-6-7-8-9-10-11-12-13(2)3;1-4-5-6-7-8-9-10-11-12(2)3;1-4-5-6-7-8-9-10-11(2)3;1-4-5-6-7-8-9-10(2)3;1-4-5-6-7-8-9(2)3;1-4-5-6-7-8(2)3;1-4-5-6-7(2)3;1-4-5-6(2)3;1-4-5(2)3;1-4(2)3/h16H,4-15H2,1-3H3;15H,4-14H2,1-3H3;14H,4-13H2,1-3H3;13H,4-12H2,1-3H3;12H,4-11H2,1-3H3;11H,4-10H2,1-3H3;10H,4-9H2,1-3H3;9H,4-8H2,1-3H3;8H,4-7H2,1-3H3;7H,4-6H2,1-3H3;6H,4-5H2,1-3H3;5H,4H2,1-3H3;4H,1-3H3. The van der Waals surface area contributed by atoms with Crippen molar-refractivity contribution in [2.24, 2.45) is 76.9 Å². The van der Waals surface area contributed by atoms with Crippen molar-refractivity contribution in [3.8, 4) is 0 Å². The molecule has 130 heavy (non-hydrogen) atoms. The highest BCUT2D eigenvalue weighted by Crippen LogP contribution is 2.21. The summed E-state index contributed by atoms with van der Waals surface area (Å²) >= 11 is 0. The molecule has 806 valence electrons. The summed E-state index contributed by atoms with van der Waals surface area (Å²) in [6.45, 7) is 88.8. The zero-order valence-electron chi connectivity index (χ0n) is 102. The van der Waals surface area contributed by atoms with Crippen LogP contribution in [0.15, 0.2) is 0 Å². The first-order chi connectivity index (χ1) is 62.0. The molecule has 0 nitrogen and oxygen atoms in total. The van der Waals surface area contributed by atoms with E-state index in [9.17, 15) is 0 Å². The van der Waals surface area contributed by atoms with Crippen molar-refractivity contribution in [2.45, 2.75) is 771 Å². The molecule has 0 fully saturated rings. The Labute approximate surface area is 842 Å². The van der Waals surface area contributed by atoms with E-state index in [1.165, 1.54) is 501 Å². The van der Waals surface area contributed by atoms with Gasteiger partial charge in [-0.2, -0.15) is 0 Å². The molecule has 0 heteroatoms. The van der Waals surface area contributed by atoms with E-state index in [0.29, 0.717) is 0 Å². The Morgan fingerprint density at radius 3 is 0.238 bits per heavy atom. The van der Waals surface area contributed by atoms with Crippen LogP contribution in [0.3, 0.4) is 0 Å². The lowest BCUT2D eigenvalue weighted by atomic mass is 10.0. The second kappa shape index (κ2) is 154. The largest absolute Gasteiger partial charge is 0.0654 e. The summed E-state index contributed by atoms with van der Waals surface area (Å²) in [6, 6.07) is 0. The van der Waals surface area contributed by atoms with Gasteiger partial charge < -0.3 is 0 Å². The van der Waals surface area contributed by atoms with Crippen molar-refractivity contribution < 1.29 is 0 Å². The molecule has 0 aliphatic heterocycles. The third-order valence-corrected chi connectivity index (χ3v) is 24.3. The minimum atomic E-state index is 0.833. The van der Waals surface area contributed by atoms with Gasteiger partial charge in [0.05, 0.1) is 0 Å². The lowest BCUT2D eigenvalue weighted by Crippen LogP contribution is -1.87. The van der Waals surface area contributed by atoms with Crippen LogP contribution in [0.2, 0.25) is 0 Å². The predicted molar refractivity (Wildman–Crippen MR) is 627 cm³/mol. The van der Waals surface area contributed by atoms with Crippen molar-refractivity contribution in [3.05, 3.63) is 0 Å². The van der Waals surface area contributed by atoms with E-state index in [1.807, 2.05) is 0 Å². The summed E-state index contributed by atoms with van der Waals surface area (Å²) in [5.41, 5.74) is 0. The second-order valence-electron chi connectivity index (χ2n) is 47.0. The lowest BCUT2D eigenvalue weighted by Gasteiger charge is -2.04. The third-order valence-electron chi connectivity index (χ3n) is 24.3. The van der Waals surface area contributed by atoms with Crippen molar-refractivity contribution in [3.63, 3.8) is 0 Å². The third kappa shape index (κ3) is 255. The van der Waals surface area contributed by atoms with Crippen LogP contribution in [0.1, 0.15) is 771 Å². The summed E-state index contributed by atoms with van der Waals surface area (Å²) < 4.78 is 0. The second-order valence-corrected chi connectivity index (χ2v) is 47.0. The van der Waals surface area contributed by atoms with Gasteiger partial charge in [0.2, 0.25) is 0 Å². The van der Waals surface area contributed by atoms with Gasteiger partial charge in [-0.15, -0.1) is 0 Å². The maximum Gasteiger partial charge on any atom is -0.0471 e. The van der Waals surface area contributed by atoms with E-state index in [4.69, 9.17) is 0 Å². The molecule has 0 aromatic rings. The first-order valence-electron chi connectivity index (χ1n) is 62.0. The Kier molecular flexibility index (Phi) is 188. The quantitative estimate of drug-likeness (QED) is 0.0533. The summed E-state index contributed by atoms with van der Waals surface area (Å²) in [7, 11) is 0. The fourth-order valence-electron chi connectivity index (χ4n) is 14.8. The molecule has 0 amide bonds. The number of unbranched alkanes of at least 4 members (excludes halogenated alkanes) is 55. The molecule has 0 saturated carbocycles. The van der Waals surface area contributed by atoms with Gasteiger partial charge in [0.15, 0.2) is 0 Å². The Morgan fingerprint density at radius 2 is 0.162 bits per heavy atom. The minimum absolute atomic E-state index is 0.833. The molecule has 0 heterocycles. The SMILES string of the molecule is CC(C)C.CCC(C)C.CCCC(C)C.CCCCC(C)C.CCCCCC(C)C.CCCCCCC(C)C.CCCCCCCC(C)C.CCCCCCCCC(C)C.CCCCCCCCCC(C)C.CCCCCCCCCCC(C)C.CCCCCCCCCCCC(C)C.CCCCCCCCCCCCC(C)C.CCCCCCCCCCCCCC(C)C. The molecule has 0 unspecified atom stereocenters. The summed E-state index contributed by atoms with van der Waals surface area (Å²) in [6.07, 6.45) is 112. The van der Waals surface area contributed by atoms with Crippen LogP contribution in [0.5, 0.6) is 0 Å². The van der Waals surface area contributed by atoms with E-state index in [1.54, 1.807) is 0 Å². The van der Waals surface area contributed by atoms with Gasteiger partial charge >= 0.3 is 0 Å². The fourth-order valence-corrected chi connectivity index (χ4v) is 14.8. The molecule has 0 aromatic carbocycles. The lowest BCUT2D eigenvalue weighted by molar-refractivity contribution is 0.504. The monoisotopic (exact) mass is 1850 g/mol. The van der Waals surface area contributed by atoms with Gasteiger partial charge in [0.25, 0.3) is 0 Å². The zero-order chi connectivity index (χ0) is 102. The minimum Gasteiger partial charge on any atom is -0.0654 e. The van der Waals surface area contributed by atoms with Crippen LogP contribution in [0, 0.1) is 76.9 Å². The summed E-state index contributed by atoms with van der Waals surface area (Å²) in [4.78, 5) is 0. The first-order valence-corrected chi connectivity index (χ1v) is 62.0. The molecule has 0 spiro atoms. The smallest absolute Gasteiger partial charge is 0.0471 e. The van der Waals surface area contributed by atoms with Gasteiger partial charge in [-0.3, -0.25) is 0 Å². The molecule has 0 atom stereocenters. The Balaban J connectivity index is -0.000000105. The highest BCUT2D eigenvalue weighted by molar-refractivity contribution is 4.58. The molecule has 0 rings (SSSR count).